The van der Waals surface area contributed by atoms with Gasteiger partial charge in [0.25, 0.3) is 0 Å². The van der Waals surface area contributed by atoms with Crippen molar-refractivity contribution < 1.29 is 19.4 Å². The van der Waals surface area contributed by atoms with E-state index >= 15 is 0 Å². The number of benzene rings is 1. The fourth-order valence-electron chi connectivity index (χ4n) is 1.51. The molecule has 1 rings (SSSR count). The lowest BCUT2D eigenvalue weighted by Crippen LogP contribution is -2.02. The molecule has 1 aromatic rings. The third-order valence-electron chi connectivity index (χ3n) is 2.36. The molecule has 0 saturated carbocycles. The number of rotatable bonds is 4. The van der Waals surface area contributed by atoms with Gasteiger partial charge in [-0.1, -0.05) is 6.58 Å². The van der Waals surface area contributed by atoms with E-state index in [2.05, 4.69) is 6.58 Å². The van der Waals surface area contributed by atoms with E-state index in [0.29, 0.717) is 17.1 Å². The first-order valence-corrected chi connectivity index (χ1v) is 4.67. The van der Waals surface area contributed by atoms with Gasteiger partial charge >= 0.3 is 5.97 Å². The standard InChI is InChI=1S/C12H14O4/c1-7(12(13)14)9-5-6-10(15-3)8(2)11(9)16-4/h5-6H,1H2,2-4H3,(H,13,14). The van der Waals surface area contributed by atoms with Crippen LogP contribution in [0.5, 0.6) is 11.5 Å². The Hall–Kier alpha value is -1.97. The number of hydrogen-bond donors (Lipinski definition) is 1. The van der Waals surface area contributed by atoms with Crippen molar-refractivity contribution in [3.05, 3.63) is 29.8 Å². The molecule has 0 heterocycles. The van der Waals surface area contributed by atoms with Crippen molar-refractivity contribution >= 4 is 11.5 Å². The maximum atomic E-state index is 10.8. The summed E-state index contributed by atoms with van der Waals surface area (Å²) in [4.78, 5) is 10.8. The van der Waals surface area contributed by atoms with Crippen LogP contribution in [-0.2, 0) is 4.79 Å². The Labute approximate surface area is 94.1 Å². The number of ether oxygens (including phenoxy) is 2. The summed E-state index contributed by atoms with van der Waals surface area (Å²) in [6.45, 7) is 5.31. The van der Waals surface area contributed by atoms with E-state index in [-0.39, 0.29) is 5.57 Å². The van der Waals surface area contributed by atoms with Gasteiger partial charge in [0, 0.05) is 11.1 Å². The molecule has 0 aromatic heterocycles. The second-order valence-corrected chi connectivity index (χ2v) is 3.26. The lowest BCUT2D eigenvalue weighted by atomic mass is 10.0. The monoisotopic (exact) mass is 222 g/mol. The number of carboxylic acids is 1. The van der Waals surface area contributed by atoms with Crippen LogP contribution in [0, 0.1) is 6.92 Å². The molecular formula is C12H14O4. The van der Waals surface area contributed by atoms with Crippen molar-refractivity contribution in [3.63, 3.8) is 0 Å². The third kappa shape index (κ3) is 2.00. The Morgan fingerprint density at radius 2 is 1.94 bits per heavy atom. The Kier molecular flexibility index (Phi) is 3.55. The number of carbonyl (C=O) groups is 1. The van der Waals surface area contributed by atoms with Crippen molar-refractivity contribution in [2.45, 2.75) is 6.92 Å². The highest BCUT2D eigenvalue weighted by molar-refractivity contribution is 6.15. The topological polar surface area (TPSA) is 55.8 Å². The molecule has 0 atom stereocenters. The Morgan fingerprint density at radius 1 is 1.31 bits per heavy atom. The number of carboxylic acid groups (broad SMARTS) is 1. The average molecular weight is 222 g/mol. The molecule has 86 valence electrons. The molecule has 0 aliphatic rings. The van der Waals surface area contributed by atoms with Crippen LogP contribution in [-0.4, -0.2) is 25.3 Å². The summed E-state index contributed by atoms with van der Waals surface area (Å²) in [5, 5.41) is 8.89. The van der Waals surface area contributed by atoms with E-state index in [1.54, 1.807) is 26.2 Å². The van der Waals surface area contributed by atoms with Crippen LogP contribution in [0.15, 0.2) is 18.7 Å². The summed E-state index contributed by atoms with van der Waals surface area (Å²) in [6, 6.07) is 3.32. The molecule has 1 N–H and O–H groups in total. The van der Waals surface area contributed by atoms with Crippen LogP contribution < -0.4 is 9.47 Å². The second-order valence-electron chi connectivity index (χ2n) is 3.26. The molecule has 4 nitrogen and oxygen atoms in total. The van der Waals surface area contributed by atoms with Gasteiger partial charge in [0.05, 0.1) is 19.8 Å². The maximum Gasteiger partial charge on any atom is 0.335 e. The Morgan fingerprint density at radius 3 is 2.38 bits per heavy atom. The molecular weight excluding hydrogens is 208 g/mol. The molecule has 4 heteroatoms. The molecule has 16 heavy (non-hydrogen) atoms. The quantitative estimate of drug-likeness (QED) is 0.793. The molecule has 0 amide bonds. The van der Waals surface area contributed by atoms with Gasteiger partial charge in [0.15, 0.2) is 0 Å². The summed E-state index contributed by atoms with van der Waals surface area (Å²) in [6.07, 6.45) is 0. The van der Waals surface area contributed by atoms with Gasteiger partial charge in [0.2, 0.25) is 0 Å². The smallest absolute Gasteiger partial charge is 0.335 e. The number of methoxy groups -OCH3 is 2. The first-order valence-electron chi connectivity index (χ1n) is 4.67. The van der Waals surface area contributed by atoms with Gasteiger partial charge in [-0.3, -0.25) is 0 Å². The zero-order valence-corrected chi connectivity index (χ0v) is 9.53. The molecule has 1 aromatic carbocycles. The predicted octanol–water partition coefficient (Wildman–Crippen LogP) is 2.11. The lowest BCUT2D eigenvalue weighted by Gasteiger charge is -2.14. The highest BCUT2D eigenvalue weighted by atomic mass is 16.5. The van der Waals surface area contributed by atoms with Crippen LogP contribution in [0.3, 0.4) is 0 Å². The first kappa shape index (κ1) is 12.1. The molecule has 0 radical (unpaired) electrons. The SMILES string of the molecule is C=C(C(=O)O)c1ccc(OC)c(C)c1OC. The summed E-state index contributed by atoms with van der Waals surface area (Å²) in [7, 11) is 3.04. The Balaban J connectivity index is 3.37. The van der Waals surface area contributed by atoms with Crippen LogP contribution in [0.25, 0.3) is 5.57 Å². The van der Waals surface area contributed by atoms with Gasteiger partial charge in [-0.25, -0.2) is 4.79 Å². The van der Waals surface area contributed by atoms with Crippen molar-refractivity contribution in [2.75, 3.05) is 14.2 Å². The van der Waals surface area contributed by atoms with Crippen molar-refractivity contribution in [2.24, 2.45) is 0 Å². The van der Waals surface area contributed by atoms with E-state index in [1.165, 1.54) is 7.11 Å². The average Bonchev–Trinajstić information content (AvgIpc) is 2.27. The van der Waals surface area contributed by atoms with Crippen molar-refractivity contribution in [3.8, 4) is 11.5 Å². The largest absolute Gasteiger partial charge is 0.496 e. The van der Waals surface area contributed by atoms with E-state index < -0.39 is 5.97 Å². The van der Waals surface area contributed by atoms with E-state index in [9.17, 15) is 4.79 Å². The molecule has 0 spiro atoms. The second kappa shape index (κ2) is 4.70. The van der Waals surface area contributed by atoms with Gasteiger partial charge in [-0.05, 0) is 19.1 Å². The maximum absolute atomic E-state index is 10.8. The zero-order chi connectivity index (χ0) is 12.3. The fraction of sp³-hybridized carbons (Fsp3) is 0.250. The van der Waals surface area contributed by atoms with Gasteiger partial charge in [-0.2, -0.15) is 0 Å². The van der Waals surface area contributed by atoms with Crippen LogP contribution >= 0.6 is 0 Å². The first-order chi connectivity index (χ1) is 7.52. The summed E-state index contributed by atoms with van der Waals surface area (Å²) < 4.78 is 10.3. The van der Waals surface area contributed by atoms with E-state index in [4.69, 9.17) is 14.6 Å². The van der Waals surface area contributed by atoms with Crippen LogP contribution in [0.4, 0.5) is 0 Å². The highest BCUT2D eigenvalue weighted by Crippen LogP contribution is 2.34. The van der Waals surface area contributed by atoms with Crippen molar-refractivity contribution in [1.29, 1.82) is 0 Å². The number of aliphatic carboxylic acids is 1. The molecule has 0 aliphatic heterocycles. The minimum atomic E-state index is -1.07. The van der Waals surface area contributed by atoms with E-state index in [0.717, 1.165) is 5.56 Å². The van der Waals surface area contributed by atoms with Crippen LogP contribution in [0.1, 0.15) is 11.1 Å². The Bertz CT molecular complexity index is 435. The molecule has 0 saturated heterocycles. The summed E-state index contributed by atoms with van der Waals surface area (Å²) >= 11 is 0. The van der Waals surface area contributed by atoms with E-state index in [1.807, 2.05) is 0 Å². The van der Waals surface area contributed by atoms with Crippen molar-refractivity contribution in [1.82, 2.24) is 0 Å². The minimum Gasteiger partial charge on any atom is -0.496 e. The molecule has 0 unspecified atom stereocenters. The highest BCUT2D eigenvalue weighted by Gasteiger charge is 2.16. The fourth-order valence-corrected chi connectivity index (χ4v) is 1.51. The minimum absolute atomic E-state index is 0.00241. The molecule has 0 bridgehead atoms. The normalized spacial score (nSPS) is 9.69. The van der Waals surface area contributed by atoms with Crippen LogP contribution in [0.2, 0.25) is 0 Å². The lowest BCUT2D eigenvalue weighted by molar-refractivity contribution is -0.130. The molecule has 0 fully saturated rings. The third-order valence-corrected chi connectivity index (χ3v) is 2.36. The van der Waals surface area contributed by atoms with Gasteiger partial charge < -0.3 is 14.6 Å². The predicted molar refractivity (Wildman–Crippen MR) is 61.0 cm³/mol. The summed E-state index contributed by atoms with van der Waals surface area (Å²) in [5.41, 5.74) is 1.22. The summed E-state index contributed by atoms with van der Waals surface area (Å²) in [5.74, 6) is 0.0633. The zero-order valence-electron chi connectivity index (χ0n) is 9.53. The van der Waals surface area contributed by atoms with Gasteiger partial charge in [-0.15, -0.1) is 0 Å². The number of hydrogen-bond acceptors (Lipinski definition) is 3. The van der Waals surface area contributed by atoms with Gasteiger partial charge in [0.1, 0.15) is 11.5 Å². The molecule has 0 aliphatic carbocycles.